The summed E-state index contributed by atoms with van der Waals surface area (Å²) in [6.07, 6.45) is 10.1. The number of rotatable bonds is 3. The second kappa shape index (κ2) is 11.9. The third kappa shape index (κ3) is 5.15. The smallest absolute Gasteiger partial charge is 0.407 e. The van der Waals surface area contributed by atoms with E-state index in [-0.39, 0.29) is 40.6 Å². The lowest BCUT2D eigenvalue weighted by atomic mass is 9.91. The molecule has 4 fully saturated rings. The van der Waals surface area contributed by atoms with Gasteiger partial charge in [0.2, 0.25) is 0 Å². The molecule has 0 radical (unpaired) electrons. The molecule has 3 unspecified atom stereocenters. The first kappa shape index (κ1) is 30.3. The molecule has 4 aromatic rings. The van der Waals surface area contributed by atoms with E-state index in [0.717, 1.165) is 80.1 Å². The first-order valence-corrected chi connectivity index (χ1v) is 17.4. The molecule has 3 saturated heterocycles. The third-order valence-electron chi connectivity index (χ3n) is 10.9. The monoisotopic (exact) mass is 642 g/mol. The number of piperidine rings is 1. The zero-order valence-corrected chi connectivity index (χ0v) is 27.4. The molecule has 2 N–H and O–H groups in total. The maximum atomic E-state index is 17.1. The zero-order chi connectivity index (χ0) is 32.3. The average Bonchev–Trinajstić information content (AvgIpc) is 3.35. The van der Waals surface area contributed by atoms with Gasteiger partial charge in [-0.2, -0.15) is 15.1 Å². The summed E-state index contributed by atoms with van der Waals surface area (Å²) in [6, 6.07) is 2.11. The predicted octanol–water partition coefficient (Wildman–Crippen LogP) is 5.86. The van der Waals surface area contributed by atoms with Gasteiger partial charge < -0.3 is 19.7 Å². The van der Waals surface area contributed by atoms with Crippen LogP contribution in [0.5, 0.6) is 6.01 Å². The number of fused-ring (bicyclic) bond motifs is 6. The van der Waals surface area contributed by atoms with Crippen molar-refractivity contribution in [3.63, 3.8) is 0 Å². The normalized spacial score (nSPS) is 24.7. The lowest BCUT2D eigenvalue weighted by Gasteiger charge is -2.34. The highest BCUT2D eigenvalue weighted by Gasteiger charge is 2.45. The van der Waals surface area contributed by atoms with E-state index in [0.29, 0.717) is 43.1 Å². The molecule has 3 aromatic heterocycles. The van der Waals surface area contributed by atoms with E-state index in [1.54, 1.807) is 12.4 Å². The summed E-state index contributed by atoms with van der Waals surface area (Å²) in [4.78, 5) is 32.0. The van der Waals surface area contributed by atoms with Crippen molar-refractivity contribution in [2.45, 2.75) is 83.2 Å². The molecule has 12 heteroatoms. The molecule has 3 atom stereocenters. The van der Waals surface area contributed by atoms with Gasteiger partial charge in [0.1, 0.15) is 23.6 Å². The van der Waals surface area contributed by atoms with Crippen LogP contribution in [-0.2, 0) is 4.74 Å². The van der Waals surface area contributed by atoms with Crippen LogP contribution in [0.25, 0.3) is 33.1 Å². The highest BCUT2D eigenvalue weighted by atomic mass is 19.1. The molecule has 1 amide bonds. The van der Waals surface area contributed by atoms with E-state index in [9.17, 15) is 4.79 Å². The highest BCUT2D eigenvalue weighted by Crippen LogP contribution is 2.53. The molecule has 8 heterocycles. The Morgan fingerprint density at radius 3 is 2.77 bits per heavy atom. The number of aryl methyl sites for hydroxylation is 1. The van der Waals surface area contributed by atoms with Gasteiger partial charge in [-0.25, -0.2) is 9.18 Å². The fourth-order valence-electron chi connectivity index (χ4n) is 8.60. The number of halogens is 1. The maximum Gasteiger partial charge on any atom is 0.407 e. The highest BCUT2D eigenvalue weighted by molar-refractivity contribution is 6.00. The van der Waals surface area contributed by atoms with Crippen molar-refractivity contribution in [2.24, 2.45) is 5.92 Å². The number of nitrogens with one attached hydrogen (secondary N) is 2. The number of carbonyl (C=O) groups is 1. The van der Waals surface area contributed by atoms with Gasteiger partial charge >= 0.3 is 12.1 Å². The summed E-state index contributed by atoms with van der Waals surface area (Å²) in [6.45, 7) is 10.2. The Labute approximate surface area is 273 Å². The van der Waals surface area contributed by atoms with Gasteiger partial charge in [0.25, 0.3) is 0 Å². The van der Waals surface area contributed by atoms with E-state index >= 15 is 4.39 Å². The van der Waals surface area contributed by atoms with Crippen molar-refractivity contribution >= 4 is 33.7 Å². The summed E-state index contributed by atoms with van der Waals surface area (Å²) in [5, 5.41) is 11.8. The van der Waals surface area contributed by atoms with Gasteiger partial charge in [-0.15, -0.1) is 0 Å². The minimum atomic E-state index is -0.487. The number of anilines is 1. The number of nitrogens with zero attached hydrogens (tertiary/aromatic N) is 6. The Hall–Kier alpha value is -4.06. The van der Waals surface area contributed by atoms with Crippen LogP contribution in [0.1, 0.15) is 75.8 Å². The topological polar surface area (TPSA) is 121 Å². The molecule has 1 aromatic carbocycles. The van der Waals surface area contributed by atoms with Gasteiger partial charge in [-0.1, -0.05) is 13.8 Å². The molecule has 10 rings (SSSR count). The molecule has 1 aliphatic carbocycles. The summed E-state index contributed by atoms with van der Waals surface area (Å²) in [5.74, 6) is 0.351. The molecule has 47 heavy (non-hydrogen) atoms. The van der Waals surface area contributed by atoms with E-state index in [4.69, 9.17) is 24.4 Å². The standard InChI is InChI=1S/C33H37FN8O3.C2H6/c1-18-11-24-22(14-36-40-24)26-25(18)21-12-19(21)16-44-32(43)37-20-5-2-8-41(15-20)30-23-13-35-29(26)27(34)28(23)38-31(39-30)45-17-33-6-3-9-42(33)10-4-7-33;1-2/h11,13-14,19-21H,2-10,12,15-17H2,1H3,(H,36,40)(H,37,43);1-2H3. The molecular formula is C35H43FN8O3. The second-order valence-corrected chi connectivity index (χ2v) is 13.7. The number of hydrogen-bond donors (Lipinski definition) is 2. The van der Waals surface area contributed by atoms with Crippen molar-refractivity contribution < 1.29 is 18.7 Å². The van der Waals surface area contributed by atoms with E-state index in [1.807, 2.05) is 20.8 Å². The Morgan fingerprint density at radius 2 is 1.94 bits per heavy atom. The Morgan fingerprint density at radius 1 is 1.11 bits per heavy atom. The van der Waals surface area contributed by atoms with Gasteiger partial charge in [0.15, 0.2) is 5.82 Å². The summed E-state index contributed by atoms with van der Waals surface area (Å²) in [7, 11) is 0. The van der Waals surface area contributed by atoms with Crippen LogP contribution in [0, 0.1) is 18.7 Å². The largest absolute Gasteiger partial charge is 0.461 e. The number of benzene rings is 1. The van der Waals surface area contributed by atoms with Crippen LogP contribution in [0.2, 0.25) is 0 Å². The molecular weight excluding hydrogens is 599 g/mol. The lowest BCUT2D eigenvalue weighted by Crippen LogP contribution is -2.48. The maximum absolute atomic E-state index is 17.1. The van der Waals surface area contributed by atoms with Crippen LogP contribution in [-0.4, -0.2) is 87.1 Å². The van der Waals surface area contributed by atoms with Crippen LogP contribution in [0.15, 0.2) is 18.5 Å². The Bertz CT molecular complexity index is 1830. The Kier molecular flexibility index (Phi) is 7.65. The van der Waals surface area contributed by atoms with Crippen LogP contribution < -0.4 is 15.0 Å². The number of carbonyl (C=O) groups excluding carboxylic acids is 1. The molecule has 11 nitrogen and oxygen atoms in total. The SMILES string of the molecule is CC.Cc1cc2[nH]ncc2c2c1C1CC1COC(=O)NC1CCCN(C1)c1nc(OCC34CCCN3CCC4)nc3c(F)c-2ncc13. The van der Waals surface area contributed by atoms with E-state index in [1.165, 1.54) is 0 Å². The quantitative estimate of drug-likeness (QED) is 0.283. The van der Waals surface area contributed by atoms with E-state index < -0.39 is 11.9 Å². The van der Waals surface area contributed by atoms with Gasteiger partial charge in [0.05, 0.1) is 29.2 Å². The number of amides is 1. The predicted molar refractivity (Wildman–Crippen MR) is 177 cm³/mol. The van der Waals surface area contributed by atoms with Crippen LogP contribution in [0.4, 0.5) is 15.0 Å². The third-order valence-corrected chi connectivity index (χ3v) is 10.9. The molecule has 5 aliphatic heterocycles. The van der Waals surface area contributed by atoms with Crippen molar-refractivity contribution in [1.29, 1.82) is 0 Å². The summed E-state index contributed by atoms with van der Waals surface area (Å²) < 4.78 is 29.2. The van der Waals surface area contributed by atoms with Crippen LogP contribution in [0.3, 0.4) is 0 Å². The van der Waals surface area contributed by atoms with Gasteiger partial charge in [-0.05, 0) is 88.1 Å². The fourth-order valence-corrected chi connectivity index (χ4v) is 8.60. The zero-order valence-electron chi connectivity index (χ0n) is 27.4. The van der Waals surface area contributed by atoms with Crippen molar-refractivity contribution in [3.8, 4) is 17.3 Å². The molecule has 6 aliphatic rings. The number of hydrogen-bond acceptors (Lipinski definition) is 9. The number of aromatic nitrogens is 5. The molecule has 6 bridgehead atoms. The minimum Gasteiger partial charge on any atom is -0.461 e. The second-order valence-electron chi connectivity index (χ2n) is 13.7. The Balaban J connectivity index is 0.00000159. The number of aromatic amines is 1. The molecule has 248 valence electrons. The number of ether oxygens (including phenoxy) is 2. The van der Waals surface area contributed by atoms with Crippen molar-refractivity contribution in [1.82, 2.24) is 35.4 Å². The number of alkyl carbamates (subject to hydrolysis) is 1. The van der Waals surface area contributed by atoms with Crippen LogP contribution >= 0.6 is 0 Å². The average molecular weight is 643 g/mol. The fraction of sp³-hybridized carbons (Fsp3) is 0.571. The van der Waals surface area contributed by atoms with Crippen molar-refractivity contribution in [2.75, 3.05) is 44.3 Å². The van der Waals surface area contributed by atoms with E-state index in [2.05, 4.69) is 31.4 Å². The number of pyridine rings is 1. The van der Waals surface area contributed by atoms with Gasteiger partial charge in [0, 0.05) is 42.2 Å². The first-order valence-electron chi connectivity index (χ1n) is 17.4. The summed E-state index contributed by atoms with van der Waals surface area (Å²) in [5.41, 5.74) is 4.01. The number of H-pyrrole nitrogens is 1. The lowest BCUT2D eigenvalue weighted by molar-refractivity contribution is 0.108. The van der Waals surface area contributed by atoms with Crippen molar-refractivity contribution in [3.05, 3.63) is 35.4 Å². The molecule has 1 saturated carbocycles. The summed E-state index contributed by atoms with van der Waals surface area (Å²) >= 11 is 0. The molecule has 0 spiro atoms. The van der Waals surface area contributed by atoms with Gasteiger partial charge in [-0.3, -0.25) is 15.0 Å². The minimum absolute atomic E-state index is 0.00114. The first-order chi connectivity index (χ1) is 23.0.